The van der Waals surface area contributed by atoms with Gasteiger partial charge in [0.05, 0.1) is 10.7 Å². The fourth-order valence-electron chi connectivity index (χ4n) is 1.38. The van der Waals surface area contributed by atoms with Gasteiger partial charge in [0.1, 0.15) is 0 Å². The van der Waals surface area contributed by atoms with Crippen LogP contribution in [0.25, 0.3) is 0 Å². The molecule has 0 heterocycles. The van der Waals surface area contributed by atoms with Crippen molar-refractivity contribution >= 4 is 23.0 Å². The van der Waals surface area contributed by atoms with Crippen molar-refractivity contribution in [3.8, 4) is 0 Å². The quantitative estimate of drug-likeness (QED) is 0.851. The molecule has 1 aromatic rings. The number of hydrogen-bond acceptors (Lipinski definition) is 3. The first-order valence-electron chi connectivity index (χ1n) is 5.67. The Kier molecular flexibility index (Phi) is 4.66. The van der Waals surface area contributed by atoms with E-state index in [-0.39, 0.29) is 12.0 Å². The molecule has 0 aliphatic heterocycles. The van der Waals surface area contributed by atoms with E-state index in [0.29, 0.717) is 6.54 Å². The third-order valence-corrected chi connectivity index (χ3v) is 2.93. The van der Waals surface area contributed by atoms with Crippen molar-refractivity contribution in [1.29, 1.82) is 0 Å². The van der Waals surface area contributed by atoms with Gasteiger partial charge in [0.25, 0.3) is 0 Å². The molecule has 4 heteroatoms. The average Bonchev–Trinajstić information content (AvgIpc) is 2.26. The van der Waals surface area contributed by atoms with Crippen LogP contribution in [-0.2, 0) is 0 Å². The molecular formula is C13H21ClN2O. The Bertz CT molecular complexity index is 378. The Morgan fingerprint density at radius 1 is 1.35 bits per heavy atom. The van der Waals surface area contributed by atoms with E-state index in [1.165, 1.54) is 0 Å². The van der Waals surface area contributed by atoms with Crippen LogP contribution >= 0.6 is 11.6 Å². The molecule has 0 aliphatic carbocycles. The fraction of sp³-hybridized carbons (Fsp3) is 0.538. The van der Waals surface area contributed by atoms with Crippen molar-refractivity contribution in [1.82, 2.24) is 0 Å². The van der Waals surface area contributed by atoms with Gasteiger partial charge in [0.2, 0.25) is 0 Å². The fourth-order valence-corrected chi connectivity index (χ4v) is 1.73. The highest BCUT2D eigenvalue weighted by atomic mass is 35.5. The van der Waals surface area contributed by atoms with E-state index >= 15 is 0 Å². The van der Waals surface area contributed by atoms with Gasteiger partial charge < -0.3 is 15.3 Å². The molecule has 0 saturated carbocycles. The summed E-state index contributed by atoms with van der Waals surface area (Å²) in [4.78, 5) is 1.98. The first-order chi connectivity index (χ1) is 7.85. The molecule has 0 unspecified atom stereocenters. The van der Waals surface area contributed by atoms with Gasteiger partial charge in [0.15, 0.2) is 0 Å². The second kappa shape index (κ2) is 5.61. The average molecular weight is 257 g/mol. The molecule has 0 aliphatic rings. The summed E-state index contributed by atoms with van der Waals surface area (Å²) in [6.45, 7) is 4.89. The SMILES string of the molecule is CN(C)c1ccc(NCC(C)(C)CO)cc1Cl. The predicted octanol–water partition coefficient (Wildman–Crippen LogP) is 2.84. The smallest absolute Gasteiger partial charge is 0.0659 e. The van der Waals surface area contributed by atoms with Gasteiger partial charge >= 0.3 is 0 Å². The van der Waals surface area contributed by atoms with Crippen LogP contribution in [0.2, 0.25) is 5.02 Å². The lowest BCUT2D eigenvalue weighted by Gasteiger charge is -2.23. The van der Waals surface area contributed by atoms with Crippen LogP contribution in [0.5, 0.6) is 0 Å². The maximum Gasteiger partial charge on any atom is 0.0659 e. The third kappa shape index (κ3) is 4.10. The summed E-state index contributed by atoms with van der Waals surface area (Å²) in [5.41, 5.74) is 1.84. The first kappa shape index (κ1) is 14.1. The summed E-state index contributed by atoms with van der Waals surface area (Å²) in [5, 5.41) is 13.2. The minimum atomic E-state index is -0.132. The Hall–Kier alpha value is -0.930. The van der Waals surface area contributed by atoms with Crippen molar-refractivity contribution in [2.24, 2.45) is 5.41 Å². The zero-order valence-corrected chi connectivity index (χ0v) is 11.7. The van der Waals surface area contributed by atoms with Crippen molar-refractivity contribution < 1.29 is 5.11 Å². The number of nitrogens with one attached hydrogen (secondary N) is 1. The maximum atomic E-state index is 9.17. The molecule has 17 heavy (non-hydrogen) atoms. The molecule has 0 amide bonds. The van der Waals surface area contributed by atoms with Gasteiger partial charge in [-0.2, -0.15) is 0 Å². The Labute approximate surface area is 108 Å². The zero-order chi connectivity index (χ0) is 13.1. The predicted molar refractivity (Wildman–Crippen MR) is 75.1 cm³/mol. The molecule has 1 rings (SSSR count). The van der Waals surface area contributed by atoms with Crippen LogP contribution in [0.4, 0.5) is 11.4 Å². The van der Waals surface area contributed by atoms with Crippen LogP contribution in [0.15, 0.2) is 18.2 Å². The van der Waals surface area contributed by atoms with Crippen LogP contribution in [0.1, 0.15) is 13.8 Å². The number of anilines is 2. The maximum absolute atomic E-state index is 9.17. The molecule has 0 saturated heterocycles. The van der Waals surface area contributed by atoms with Gasteiger partial charge in [-0.15, -0.1) is 0 Å². The van der Waals surface area contributed by atoms with E-state index in [0.717, 1.165) is 16.4 Å². The minimum Gasteiger partial charge on any atom is -0.396 e. The molecule has 0 spiro atoms. The molecular weight excluding hydrogens is 236 g/mol. The Morgan fingerprint density at radius 2 is 2.00 bits per heavy atom. The lowest BCUT2D eigenvalue weighted by Crippen LogP contribution is -2.26. The Balaban J connectivity index is 2.71. The lowest BCUT2D eigenvalue weighted by atomic mass is 9.95. The summed E-state index contributed by atoms with van der Waals surface area (Å²) in [5.74, 6) is 0. The van der Waals surface area contributed by atoms with Crippen LogP contribution in [-0.4, -0.2) is 32.4 Å². The normalized spacial score (nSPS) is 11.4. The van der Waals surface area contributed by atoms with Gasteiger partial charge in [-0.1, -0.05) is 25.4 Å². The molecule has 0 aromatic heterocycles. The van der Waals surface area contributed by atoms with Crippen molar-refractivity contribution in [3.05, 3.63) is 23.2 Å². The molecule has 3 nitrogen and oxygen atoms in total. The minimum absolute atomic E-state index is 0.132. The summed E-state index contributed by atoms with van der Waals surface area (Å²) < 4.78 is 0. The topological polar surface area (TPSA) is 35.5 Å². The summed E-state index contributed by atoms with van der Waals surface area (Å²) >= 11 is 6.18. The van der Waals surface area contributed by atoms with Gasteiger partial charge in [0, 0.05) is 38.3 Å². The number of rotatable bonds is 5. The van der Waals surface area contributed by atoms with E-state index in [9.17, 15) is 5.11 Å². The van der Waals surface area contributed by atoms with Gasteiger partial charge in [-0.25, -0.2) is 0 Å². The van der Waals surface area contributed by atoms with Crippen LogP contribution < -0.4 is 10.2 Å². The molecule has 0 fully saturated rings. The van der Waals surface area contributed by atoms with Crippen molar-refractivity contribution in [2.45, 2.75) is 13.8 Å². The number of hydrogen-bond donors (Lipinski definition) is 2. The molecule has 2 N–H and O–H groups in total. The Morgan fingerprint density at radius 3 is 2.47 bits per heavy atom. The standard InChI is InChI=1S/C13H21ClN2O/c1-13(2,9-17)8-15-10-5-6-12(16(3)4)11(14)7-10/h5-7,15,17H,8-9H2,1-4H3. The molecule has 1 aromatic carbocycles. The zero-order valence-electron chi connectivity index (χ0n) is 10.9. The van der Waals surface area contributed by atoms with E-state index in [4.69, 9.17) is 11.6 Å². The number of aliphatic hydroxyl groups is 1. The highest BCUT2D eigenvalue weighted by molar-refractivity contribution is 6.33. The number of aliphatic hydroxyl groups excluding tert-OH is 1. The van der Waals surface area contributed by atoms with E-state index in [1.807, 2.05) is 51.0 Å². The highest BCUT2D eigenvalue weighted by Gasteiger charge is 2.16. The second-order valence-corrected chi connectivity index (χ2v) is 5.64. The van der Waals surface area contributed by atoms with E-state index in [1.54, 1.807) is 0 Å². The third-order valence-electron chi connectivity index (χ3n) is 2.63. The van der Waals surface area contributed by atoms with Gasteiger partial charge in [-0.05, 0) is 18.2 Å². The highest BCUT2D eigenvalue weighted by Crippen LogP contribution is 2.28. The number of benzene rings is 1. The first-order valence-corrected chi connectivity index (χ1v) is 6.05. The molecule has 96 valence electrons. The van der Waals surface area contributed by atoms with E-state index < -0.39 is 0 Å². The van der Waals surface area contributed by atoms with E-state index in [2.05, 4.69) is 5.32 Å². The molecule has 0 radical (unpaired) electrons. The van der Waals surface area contributed by atoms with Crippen molar-refractivity contribution in [2.75, 3.05) is 37.5 Å². The van der Waals surface area contributed by atoms with Crippen LogP contribution in [0, 0.1) is 5.41 Å². The monoisotopic (exact) mass is 256 g/mol. The number of halogens is 1. The lowest BCUT2D eigenvalue weighted by molar-refractivity contribution is 0.171. The second-order valence-electron chi connectivity index (χ2n) is 5.24. The summed E-state index contributed by atoms with van der Waals surface area (Å²) in [7, 11) is 3.92. The summed E-state index contributed by atoms with van der Waals surface area (Å²) in [6, 6.07) is 5.88. The summed E-state index contributed by atoms with van der Waals surface area (Å²) in [6.07, 6.45) is 0. The largest absolute Gasteiger partial charge is 0.396 e. The molecule has 0 bridgehead atoms. The van der Waals surface area contributed by atoms with Crippen molar-refractivity contribution in [3.63, 3.8) is 0 Å². The van der Waals surface area contributed by atoms with Gasteiger partial charge in [-0.3, -0.25) is 0 Å². The molecule has 0 atom stereocenters. The number of nitrogens with zero attached hydrogens (tertiary/aromatic N) is 1. The van der Waals surface area contributed by atoms with Crippen LogP contribution in [0.3, 0.4) is 0 Å².